The topological polar surface area (TPSA) is 72.7 Å². The van der Waals surface area contributed by atoms with Crippen LogP contribution in [0.3, 0.4) is 0 Å². The van der Waals surface area contributed by atoms with Crippen LogP contribution in [0.2, 0.25) is 0 Å². The highest BCUT2D eigenvalue weighted by molar-refractivity contribution is 5.53. The van der Waals surface area contributed by atoms with Crippen LogP contribution >= 0.6 is 0 Å². The Morgan fingerprint density at radius 1 is 0.850 bits per heavy atom. The van der Waals surface area contributed by atoms with Crippen molar-refractivity contribution in [1.29, 1.82) is 0 Å². The molecule has 2 aromatic carbocycles. The third kappa shape index (κ3) is 2.97. The van der Waals surface area contributed by atoms with Gasteiger partial charge >= 0.3 is 0 Å². The average Bonchev–Trinajstić information content (AvgIpc) is 2.43. The first kappa shape index (κ1) is 14.1. The molecule has 0 fully saturated rings. The lowest BCUT2D eigenvalue weighted by Crippen LogP contribution is -2.13. The molecule has 0 aromatic heterocycles. The van der Waals surface area contributed by atoms with Crippen molar-refractivity contribution >= 4 is 0 Å². The Hall–Kier alpha value is -2.34. The van der Waals surface area contributed by atoms with Crippen molar-refractivity contribution in [1.82, 2.24) is 5.32 Å². The molecule has 0 amide bonds. The van der Waals surface area contributed by atoms with Crippen LogP contribution < -0.4 is 5.32 Å². The van der Waals surface area contributed by atoms with Crippen LogP contribution in [0.25, 0.3) is 0 Å². The summed E-state index contributed by atoms with van der Waals surface area (Å²) in [5.74, 6) is -3.24. The van der Waals surface area contributed by atoms with Crippen molar-refractivity contribution in [3.8, 4) is 17.2 Å². The molecule has 0 heterocycles. The Morgan fingerprint density at radius 2 is 1.60 bits per heavy atom. The lowest BCUT2D eigenvalue weighted by molar-refractivity contribution is 0.364. The molecule has 4 nitrogen and oxygen atoms in total. The van der Waals surface area contributed by atoms with E-state index in [0.717, 1.165) is 12.1 Å². The van der Waals surface area contributed by atoms with E-state index < -0.39 is 28.9 Å². The molecule has 0 aliphatic heterocycles. The first-order chi connectivity index (χ1) is 9.49. The van der Waals surface area contributed by atoms with Gasteiger partial charge in [-0.15, -0.1) is 0 Å². The van der Waals surface area contributed by atoms with E-state index in [4.69, 9.17) is 0 Å². The molecule has 4 N–H and O–H groups in total. The quantitative estimate of drug-likeness (QED) is 0.649. The minimum atomic E-state index is -0.922. The Bertz CT molecular complexity index is 632. The molecule has 2 rings (SSSR count). The lowest BCUT2D eigenvalue weighted by atomic mass is 10.1. The first-order valence-electron chi connectivity index (χ1n) is 5.86. The summed E-state index contributed by atoms with van der Waals surface area (Å²) in [6, 6.07) is 6.26. The summed E-state index contributed by atoms with van der Waals surface area (Å²) in [6.45, 7) is 0.455. The zero-order valence-electron chi connectivity index (χ0n) is 10.4. The molecule has 0 spiro atoms. The third-order valence-corrected chi connectivity index (χ3v) is 2.84. The fourth-order valence-corrected chi connectivity index (χ4v) is 1.74. The maximum absolute atomic E-state index is 13.0. The SMILES string of the molecule is Oc1ccc(CNCc2ccc(F)c(F)c2)c(O)c1O. The van der Waals surface area contributed by atoms with E-state index in [1.54, 1.807) is 0 Å². The molecule has 0 saturated carbocycles. The van der Waals surface area contributed by atoms with Gasteiger partial charge in [0.1, 0.15) is 0 Å². The molecular formula is C14H13F2NO3. The van der Waals surface area contributed by atoms with Crippen LogP contribution in [-0.4, -0.2) is 15.3 Å². The number of phenolic OH excluding ortho intramolecular Hbond substituents is 3. The fraction of sp³-hybridized carbons (Fsp3) is 0.143. The molecule has 0 radical (unpaired) electrons. The number of phenols is 3. The number of hydrogen-bond donors (Lipinski definition) is 4. The number of hydrogen-bond acceptors (Lipinski definition) is 4. The van der Waals surface area contributed by atoms with Crippen LogP contribution in [0.15, 0.2) is 30.3 Å². The molecule has 0 atom stereocenters. The summed E-state index contributed by atoms with van der Waals surface area (Å²) >= 11 is 0. The molecule has 0 aliphatic carbocycles. The van der Waals surface area contributed by atoms with Crippen LogP contribution in [-0.2, 0) is 13.1 Å². The van der Waals surface area contributed by atoms with Gasteiger partial charge in [-0.3, -0.25) is 0 Å². The summed E-state index contributed by atoms with van der Waals surface area (Å²) in [5, 5.41) is 31.0. The van der Waals surface area contributed by atoms with Crippen molar-refractivity contribution in [2.24, 2.45) is 0 Å². The van der Waals surface area contributed by atoms with Crippen molar-refractivity contribution in [3.63, 3.8) is 0 Å². The van der Waals surface area contributed by atoms with Crippen molar-refractivity contribution in [3.05, 3.63) is 53.1 Å². The largest absolute Gasteiger partial charge is 0.504 e. The molecule has 20 heavy (non-hydrogen) atoms. The maximum Gasteiger partial charge on any atom is 0.200 e. The smallest absolute Gasteiger partial charge is 0.200 e. The molecule has 2 aromatic rings. The second-order valence-electron chi connectivity index (χ2n) is 4.29. The highest BCUT2D eigenvalue weighted by atomic mass is 19.2. The van der Waals surface area contributed by atoms with Crippen LogP contribution in [0, 0.1) is 11.6 Å². The highest BCUT2D eigenvalue weighted by Gasteiger charge is 2.10. The summed E-state index contributed by atoms with van der Waals surface area (Å²) < 4.78 is 25.7. The summed E-state index contributed by atoms with van der Waals surface area (Å²) in [6.07, 6.45) is 0. The van der Waals surface area contributed by atoms with E-state index in [0.29, 0.717) is 11.1 Å². The highest BCUT2D eigenvalue weighted by Crippen LogP contribution is 2.36. The van der Waals surface area contributed by atoms with Crippen LogP contribution in [0.4, 0.5) is 8.78 Å². The normalized spacial score (nSPS) is 10.7. The molecule has 6 heteroatoms. The van der Waals surface area contributed by atoms with E-state index in [1.165, 1.54) is 18.2 Å². The molecule has 0 aliphatic rings. The van der Waals surface area contributed by atoms with Gasteiger partial charge in [0.25, 0.3) is 0 Å². The Labute approximate surface area is 113 Å². The monoisotopic (exact) mass is 281 g/mol. The van der Waals surface area contributed by atoms with Crippen molar-refractivity contribution in [2.75, 3.05) is 0 Å². The Balaban J connectivity index is 1.99. The van der Waals surface area contributed by atoms with Gasteiger partial charge in [-0.2, -0.15) is 0 Å². The van der Waals surface area contributed by atoms with Gasteiger partial charge in [0.2, 0.25) is 5.75 Å². The van der Waals surface area contributed by atoms with E-state index in [9.17, 15) is 24.1 Å². The molecule has 0 unspecified atom stereocenters. The van der Waals surface area contributed by atoms with Gasteiger partial charge in [0.05, 0.1) is 0 Å². The van der Waals surface area contributed by atoms with E-state index in [1.807, 2.05) is 0 Å². The number of aromatic hydroxyl groups is 3. The van der Waals surface area contributed by atoms with Gasteiger partial charge < -0.3 is 20.6 Å². The Morgan fingerprint density at radius 3 is 2.30 bits per heavy atom. The molecule has 106 valence electrons. The molecular weight excluding hydrogens is 268 g/mol. The van der Waals surface area contributed by atoms with E-state index >= 15 is 0 Å². The zero-order chi connectivity index (χ0) is 14.7. The minimum Gasteiger partial charge on any atom is -0.504 e. The lowest BCUT2D eigenvalue weighted by Gasteiger charge is -2.09. The van der Waals surface area contributed by atoms with Crippen molar-refractivity contribution < 1.29 is 24.1 Å². The predicted molar refractivity (Wildman–Crippen MR) is 68.3 cm³/mol. The van der Waals surface area contributed by atoms with Gasteiger partial charge in [0, 0.05) is 18.7 Å². The van der Waals surface area contributed by atoms with Crippen LogP contribution in [0.1, 0.15) is 11.1 Å². The number of rotatable bonds is 4. The number of nitrogens with one attached hydrogen (secondary N) is 1. The molecule has 0 bridgehead atoms. The average molecular weight is 281 g/mol. The summed E-state index contributed by atoms with van der Waals surface area (Å²) in [5.41, 5.74) is 0.925. The van der Waals surface area contributed by atoms with E-state index in [2.05, 4.69) is 5.32 Å². The van der Waals surface area contributed by atoms with Gasteiger partial charge in [-0.1, -0.05) is 12.1 Å². The zero-order valence-corrected chi connectivity index (χ0v) is 10.4. The third-order valence-electron chi connectivity index (χ3n) is 2.84. The summed E-state index contributed by atoms with van der Waals surface area (Å²) in [7, 11) is 0. The number of benzene rings is 2. The van der Waals surface area contributed by atoms with Crippen LogP contribution in [0.5, 0.6) is 17.2 Å². The van der Waals surface area contributed by atoms with Gasteiger partial charge in [0.15, 0.2) is 23.1 Å². The predicted octanol–water partition coefficient (Wildman–Crippen LogP) is 2.37. The second-order valence-corrected chi connectivity index (χ2v) is 4.29. The maximum atomic E-state index is 13.0. The summed E-state index contributed by atoms with van der Waals surface area (Å²) in [4.78, 5) is 0. The van der Waals surface area contributed by atoms with Gasteiger partial charge in [-0.05, 0) is 23.8 Å². The Kier molecular flexibility index (Phi) is 4.05. The standard InChI is InChI=1S/C14H13F2NO3/c15-10-3-1-8(5-11(10)16)6-17-7-9-2-4-12(18)14(20)13(9)19/h1-5,17-20H,6-7H2. The second kappa shape index (κ2) is 5.75. The van der Waals surface area contributed by atoms with E-state index in [-0.39, 0.29) is 13.1 Å². The van der Waals surface area contributed by atoms with Gasteiger partial charge in [-0.25, -0.2) is 8.78 Å². The van der Waals surface area contributed by atoms with Crippen molar-refractivity contribution in [2.45, 2.75) is 13.1 Å². The fourth-order valence-electron chi connectivity index (χ4n) is 1.74. The first-order valence-corrected chi connectivity index (χ1v) is 5.86. The number of halogens is 2. The minimum absolute atomic E-state index is 0.193. The molecule has 0 saturated heterocycles.